The van der Waals surface area contributed by atoms with Crippen molar-refractivity contribution in [3.8, 4) is 0 Å². The number of hydrogen-bond acceptors (Lipinski definition) is 1. The fraction of sp³-hybridized carbons (Fsp3) is 0.462. The molecule has 0 radical (unpaired) electrons. The van der Waals surface area contributed by atoms with Crippen molar-refractivity contribution in [3.63, 3.8) is 0 Å². The first-order chi connectivity index (χ1) is 7.42. The lowest BCUT2D eigenvalue weighted by molar-refractivity contribution is -0.108. The average molecular weight is 226 g/mol. The molecular weight excluding hydrogens is 210 g/mol. The van der Waals surface area contributed by atoms with Gasteiger partial charge >= 0.3 is 0 Å². The number of aldehydes is 1. The van der Waals surface area contributed by atoms with E-state index in [0.29, 0.717) is 12.0 Å². The van der Waals surface area contributed by atoms with E-state index in [1.165, 1.54) is 0 Å². The molecule has 0 bridgehead atoms. The molecule has 0 aliphatic carbocycles. The minimum absolute atomic E-state index is 0.147. The molecule has 0 N–H and O–H groups in total. The van der Waals surface area contributed by atoms with E-state index < -0.39 is 5.92 Å². The maximum atomic E-state index is 12.7. The van der Waals surface area contributed by atoms with E-state index >= 15 is 0 Å². The Morgan fingerprint density at radius 3 is 2.31 bits per heavy atom. The van der Waals surface area contributed by atoms with Crippen LogP contribution in [0, 0.1) is 0 Å². The Balaban J connectivity index is 2.71. The van der Waals surface area contributed by atoms with Gasteiger partial charge in [0, 0.05) is 12.8 Å². The Morgan fingerprint density at radius 2 is 1.88 bits per heavy atom. The fourth-order valence-electron chi connectivity index (χ4n) is 1.60. The summed E-state index contributed by atoms with van der Waals surface area (Å²) < 4.78 is 25.5. The molecule has 1 atom stereocenters. The van der Waals surface area contributed by atoms with Crippen molar-refractivity contribution in [2.75, 3.05) is 0 Å². The number of rotatable bonds is 5. The minimum atomic E-state index is -2.67. The second-order valence-corrected chi connectivity index (χ2v) is 4.29. The maximum Gasteiger partial charge on any atom is 0.249 e. The number of carbonyl (C=O) groups excluding carboxylic acids is 1. The molecule has 1 nitrogen and oxygen atoms in total. The molecule has 1 unspecified atom stereocenters. The van der Waals surface area contributed by atoms with Gasteiger partial charge in [0.15, 0.2) is 0 Å². The van der Waals surface area contributed by atoms with Crippen molar-refractivity contribution < 1.29 is 13.6 Å². The normalized spacial score (nSPS) is 13.5. The van der Waals surface area contributed by atoms with Crippen LogP contribution in [-0.4, -0.2) is 12.2 Å². The molecule has 1 rings (SSSR count). The molecule has 0 aliphatic heterocycles. The van der Waals surface area contributed by atoms with Crippen LogP contribution in [0.3, 0.4) is 0 Å². The maximum absolute atomic E-state index is 12.7. The molecule has 0 aromatic heterocycles. The minimum Gasteiger partial charge on any atom is -0.303 e. The molecule has 1 aromatic rings. The van der Waals surface area contributed by atoms with Crippen LogP contribution in [0.1, 0.15) is 37.3 Å². The third kappa shape index (κ3) is 4.09. The largest absolute Gasteiger partial charge is 0.303 e. The van der Waals surface area contributed by atoms with Crippen molar-refractivity contribution in [2.24, 2.45) is 0 Å². The van der Waals surface area contributed by atoms with Crippen LogP contribution in [-0.2, 0) is 11.2 Å². The van der Waals surface area contributed by atoms with Gasteiger partial charge in [-0.05, 0) is 24.0 Å². The zero-order valence-electron chi connectivity index (χ0n) is 9.54. The van der Waals surface area contributed by atoms with Crippen molar-refractivity contribution in [1.29, 1.82) is 0 Å². The SMILES string of the molecule is CC(CC=O)c1ccc(CC(C)(F)F)cc1. The van der Waals surface area contributed by atoms with Crippen LogP contribution in [0.25, 0.3) is 0 Å². The molecule has 3 heteroatoms. The lowest BCUT2D eigenvalue weighted by Crippen LogP contribution is -2.13. The summed E-state index contributed by atoms with van der Waals surface area (Å²) >= 11 is 0. The molecular formula is C13H16F2O. The third-order valence-corrected chi connectivity index (χ3v) is 2.51. The second-order valence-electron chi connectivity index (χ2n) is 4.29. The van der Waals surface area contributed by atoms with E-state index in [4.69, 9.17) is 0 Å². The predicted octanol–water partition coefficient (Wildman–Crippen LogP) is 3.58. The Bertz CT molecular complexity index is 338. The smallest absolute Gasteiger partial charge is 0.249 e. The Labute approximate surface area is 94.5 Å². The zero-order valence-corrected chi connectivity index (χ0v) is 9.54. The molecule has 0 heterocycles. The molecule has 0 saturated heterocycles. The first kappa shape index (κ1) is 12.8. The van der Waals surface area contributed by atoms with Gasteiger partial charge in [0.2, 0.25) is 5.92 Å². The molecule has 16 heavy (non-hydrogen) atoms. The molecule has 0 amide bonds. The van der Waals surface area contributed by atoms with Gasteiger partial charge in [-0.3, -0.25) is 0 Å². The van der Waals surface area contributed by atoms with Crippen molar-refractivity contribution >= 4 is 6.29 Å². The lowest BCUT2D eigenvalue weighted by Gasteiger charge is -2.12. The van der Waals surface area contributed by atoms with Crippen LogP contribution in [0.15, 0.2) is 24.3 Å². The molecule has 0 fully saturated rings. The summed E-state index contributed by atoms with van der Waals surface area (Å²) in [5.41, 5.74) is 1.63. The Morgan fingerprint density at radius 1 is 1.31 bits per heavy atom. The van der Waals surface area contributed by atoms with Gasteiger partial charge in [-0.25, -0.2) is 8.78 Å². The van der Waals surface area contributed by atoms with Crippen LogP contribution in [0.5, 0.6) is 0 Å². The molecule has 0 saturated carbocycles. The summed E-state index contributed by atoms with van der Waals surface area (Å²) in [5, 5.41) is 0. The van der Waals surface area contributed by atoms with Gasteiger partial charge in [0.25, 0.3) is 0 Å². The topological polar surface area (TPSA) is 17.1 Å². The fourth-order valence-corrected chi connectivity index (χ4v) is 1.60. The van der Waals surface area contributed by atoms with Crippen molar-refractivity contribution in [2.45, 2.75) is 38.5 Å². The first-order valence-electron chi connectivity index (χ1n) is 5.32. The van der Waals surface area contributed by atoms with Crippen LogP contribution >= 0.6 is 0 Å². The summed E-state index contributed by atoms with van der Waals surface area (Å²) in [4.78, 5) is 10.3. The quantitative estimate of drug-likeness (QED) is 0.701. The first-order valence-corrected chi connectivity index (χ1v) is 5.32. The number of halogens is 2. The highest BCUT2D eigenvalue weighted by molar-refractivity contribution is 5.51. The van der Waals surface area contributed by atoms with Gasteiger partial charge in [-0.15, -0.1) is 0 Å². The van der Waals surface area contributed by atoms with Crippen molar-refractivity contribution in [3.05, 3.63) is 35.4 Å². The summed E-state index contributed by atoms with van der Waals surface area (Å²) in [7, 11) is 0. The highest BCUT2D eigenvalue weighted by Gasteiger charge is 2.21. The van der Waals surface area contributed by atoms with Gasteiger partial charge in [-0.2, -0.15) is 0 Å². The monoisotopic (exact) mass is 226 g/mol. The molecule has 0 aliphatic rings. The third-order valence-electron chi connectivity index (χ3n) is 2.51. The standard InChI is InChI=1S/C13H16F2O/c1-10(7-8-16)12-5-3-11(4-6-12)9-13(2,14)15/h3-6,8,10H,7,9H2,1-2H3. The molecule has 0 spiro atoms. The highest BCUT2D eigenvalue weighted by atomic mass is 19.3. The highest BCUT2D eigenvalue weighted by Crippen LogP contribution is 2.22. The Hall–Kier alpha value is -1.25. The summed E-state index contributed by atoms with van der Waals surface area (Å²) in [6.07, 6.45) is 1.09. The predicted molar refractivity (Wildman–Crippen MR) is 59.9 cm³/mol. The van der Waals surface area contributed by atoms with E-state index in [1.54, 1.807) is 12.1 Å². The molecule has 88 valence electrons. The van der Waals surface area contributed by atoms with E-state index in [9.17, 15) is 13.6 Å². The van der Waals surface area contributed by atoms with Crippen LogP contribution in [0.2, 0.25) is 0 Å². The van der Waals surface area contributed by atoms with E-state index in [1.807, 2.05) is 19.1 Å². The zero-order chi connectivity index (χ0) is 12.2. The van der Waals surface area contributed by atoms with Gasteiger partial charge in [0.1, 0.15) is 6.29 Å². The summed E-state index contributed by atoms with van der Waals surface area (Å²) in [5.74, 6) is -2.52. The lowest BCUT2D eigenvalue weighted by atomic mass is 9.96. The van der Waals surface area contributed by atoms with E-state index in [0.717, 1.165) is 18.8 Å². The van der Waals surface area contributed by atoms with Crippen LogP contribution < -0.4 is 0 Å². The van der Waals surface area contributed by atoms with E-state index in [-0.39, 0.29) is 12.3 Å². The number of benzene rings is 1. The number of alkyl halides is 2. The second kappa shape index (κ2) is 5.19. The Kier molecular flexibility index (Phi) is 4.16. The van der Waals surface area contributed by atoms with Gasteiger partial charge < -0.3 is 4.79 Å². The van der Waals surface area contributed by atoms with E-state index in [2.05, 4.69) is 0 Å². The summed E-state index contributed by atoms with van der Waals surface area (Å²) in [6.45, 7) is 2.85. The summed E-state index contributed by atoms with van der Waals surface area (Å²) in [6, 6.07) is 7.03. The number of carbonyl (C=O) groups is 1. The van der Waals surface area contributed by atoms with Crippen molar-refractivity contribution in [1.82, 2.24) is 0 Å². The van der Waals surface area contributed by atoms with Gasteiger partial charge in [0.05, 0.1) is 0 Å². The molecule has 1 aromatic carbocycles. The van der Waals surface area contributed by atoms with Crippen LogP contribution in [0.4, 0.5) is 8.78 Å². The van der Waals surface area contributed by atoms with Gasteiger partial charge in [-0.1, -0.05) is 31.2 Å². The number of hydrogen-bond donors (Lipinski definition) is 0. The average Bonchev–Trinajstić information content (AvgIpc) is 2.16.